The van der Waals surface area contributed by atoms with Crippen molar-refractivity contribution >= 4 is 0 Å². The molecule has 12 heavy (non-hydrogen) atoms. The number of nitrogens with zero attached hydrogens (tertiary/aromatic N) is 3. The van der Waals surface area contributed by atoms with E-state index in [9.17, 15) is 0 Å². The molecule has 1 atom stereocenters. The van der Waals surface area contributed by atoms with Crippen LogP contribution < -0.4 is 0 Å². The summed E-state index contributed by atoms with van der Waals surface area (Å²) >= 11 is 0. The number of hydrogen-bond donors (Lipinski definition) is 0. The maximum atomic E-state index is 8.51. The van der Waals surface area contributed by atoms with Gasteiger partial charge in [-0.2, -0.15) is 5.26 Å². The highest BCUT2D eigenvalue weighted by atomic mass is 15.1. The second-order valence-electron chi connectivity index (χ2n) is 3.03. The fourth-order valence-corrected chi connectivity index (χ4v) is 1.19. The van der Waals surface area contributed by atoms with E-state index in [4.69, 9.17) is 5.26 Å². The van der Waals surface area contributed by atoms with Gasteiger partial charge in [0.25, 0.3) is 0 Å². The zero-order valence-electron chi connectivity index (χ0n) is 7.70. The highest BCUT2D eigenvalue weighted by Crippen LogP contribution is 2.14. The molecule has 0 spiro atoms. The molecule has 0 radical (unpaired) electrons. The van der Waals surface area contributed by atoms with Crippen molar-refractivity contribution in [1.82, 2.24) is 9.55 Å². The molecule has 1 heterocycles. The zero-order chi connectivity index (χ0) is 9.14. The molecule has 64 valence electrons. The number of aryl methyl sites for hydroxylation is 1. The average molecular weight is 163 g/mol. The van der Waals surface area contributed by atoms with Gasteiger partial charge in [-0.15, -0.1) is 0 Å². The monoisotopic (exact) mass is 163 g/mol. The molecule has 0 aliphatic carbocycles. The van der Waals surface area contributed by atoms with Crippen molar-refractivity contribution in [3.8, 4) is 6.07 Å². The fourth-order valence-electron chi connectivity index (χ4n) is 1.19. The third kappa shape index (κ3) is 1.48. The summed E-state index contributed by atoms with van der Waals surface area (Å²) in [5, 5.41) is 8.51. The smallest absolute Gasteiger partial charge is 0.0954 e. The molecule has 1 unspecified atom stereocenters. The summed E-state index contributed by atoms with van der Waals surface area (Å²) in [7, 11) is 0. The molecule has 0 N–H and O–H groups in total. The van der Waals surface area contributed by atoms with Crippen molar-refractivity contribution in [2.24, 2.45) is 0 Å². The Morgan fingerprint density at radius 1 is 1.67 bits per heavy atom. The molecular formula is C9H13N3. The highest BCUT2D eigenvalue weighted by molar-refractivity contribution is 5.09. The highest BCUT2D eigenvalue weighted by Gasteiger charge is 2.07. The summed E-state index contributed by atoms with van der Waals surface area (Å²) in [6, 6.07) is 2.39. The molecule has 0 saturated heterocycles. The molecule has 1 aromatic heterocycles. The molecule has 0 aromatic carbocycles. The van der Waals surface area contributed by atoms with Gasteiger partial charge in [-0.05, 0) is 20.8 Å². The Hall–Kier alpha value is -1.30. The Balaban J connectivity index is 2.89. The molecule has 3 heteroatoms. The first-order chi connectivity index (χ1) is 5.66. The van der Waals surface area contributed by atoms with E-state index in [2.05, 4.69) is 11.1 Å². The third-order valence-electron chi connectivity index (χ3n) is 2.15. The van der Waals surface area contributed by atoms with Crippen LogP contribution in [0.3, 0.4) is 0 Å². The largest absolute Gasteiger partial charge is 0.331 e. The van der Waals surface area contributed by atoms with Gasteiger partial charge in [0.1, 0.15) is 0 Å². The van der Waals surface area contributed by atoms with Crippen LogP contribution in [0.5, 0.6) is 0 Å². The second-order valence-corrected chi connectivity index (χ2v) is 3.03. The molecule has 0 fully saturated rings. The minimum absolute atomic E-state index is 0.233. The summed E-state index contributed by atoms with van der Waals surface area (Å²) in [5.74, 6) is 0. The van der Waals surface area contributed by atoms with Crippen LogP contribution in [0.1, 0.15) is 30.8 Å². The topological polar surface area (TPSA) is 41.6 Å². The lowest BCUT2D eigenvalue weighted by molar-refractivity contribution is 0.546. The summed E-state index contributed by atoms with van der Waals surface area (Å²) in [6.07, 6.45) is 2.34. The molecular weight excluding hydrogens is 150 g/mol. The predicted molar refractivity (Wildman–Crippen MR) is 46.6 cm³/mol. The van der Waals surface area contributed by atoms with Gasteiger partial charge in [-0.3, -0.25) is 0 Å². The molecule has 0 bridgehead atoms. The van der Waals surface area contributed by atoms with Gasteiger partial charge in [-0.25, -0.2) is 4.98 Å². The first-order valence-corrected chi connectivity index (χ1v) is 4.03. The van der Waals surface area contributed by atoms with E-state index in [1.165, 1.54) is 0 Å². The molecule has 0 saturated carbocycles. The van der Waals surface area contributed by atoms with Crippen molar-refractivity contribution in [3.05, 3.63) is 17.7 Å². The van der Waals surface area contributed by atoms with E-state index in [1.807, 2.05) is 25.3 Å². The van der Waals surface area contributed by atoms with Crippen LogP contribution in [0.2, 0.25) is 0 Å². The zero-order valence-corrected chi connectivity index (χ0v) is 7.70. The van der Waals surface area contributed by atoms with Crippen LogP contribution in [0.25, 0.3) is 0 Å². The SMILES string of the molecule is Cc1ncn(C(C)CC#N)c1C. The summed E-state index contributed by atoms with van der Waals surface area (Å²) in [4.78, 5) is 4.17. The number of imidazole rings is 1. The van der Waals surface area contributed by atoms with Crippen LogP contribution >= 0.6 is 0 Å². The molecule has 0 amide bonds. The lowest BCUT2D eigenvalue weighted by atomic mass is 10.2. The molecule has 0 aliphatic rings. The first-order valence-electron chi connectivity index (χ1n) is 4.03. The molecule has 1 rings (SSSR count). The van der Waals surface area contributed by atoms with E-state index in [0.717, 1.165) is 11.4 Å². The average Bonchev–Trinajstić information content (AvgIpc) is 2.34. The number of hydrogen-bond acceptors (Lipinski definition) is 2. The van der Waals surface area contributed by atoms with Gasteiger partial charge in [0.15, 0.2) is 0 Å². The summed E-state index contributed by atoms with van der Waals surface area (Å²) in [5.41, 5.74) is 2.19. The van der Waals surface area contributed by atoms with Crippen molar-refractivity contribution in [3.63, 3.8) is 0 Å². The standard InChI is InChI=1S/C9H13N3/c1-7(4-5-10)12-6-11-8(2)9(12)3/h6-7H,4H2,1-3H3. The Bertz CT molecular complexity index is 306. The Morgan fingerprint density at radius 3 is 2.75 bits per heavy atom. The van der Waals surface area contributed by atoms with Gasteiger partial charge in [0, 0.05) is 11.7 Å². The van der Waals surface area contributed by atoms with Crippen LogP contribution in [-0.4, -0.2) is 9.55 Å². The Labute approximate surface area is 72.7 Å². The quantitative estimate of drug-likeness (QED) is 0.668. The minimum atomic E-state index is 0.233. The Morgan fingerprint density at radius 2 is 2.33 bits per heavy atom. The van der Waals surface area contributed by atoms with Crippen molar-refractivity contribution in [2.45, 2.75) is 33.2 Å². The van der Waals surface area contributed by atoms with E-state index < -0.39 is 0 Å². The van der Waals surface area contributed by atoms with Crippen molar-refractivity contribution < 1.29 is 0 Å². The van der Waals surface area contributed by atoms with Crippen LogP contribution in [-0.2, 0) is 0 Å². The van der Waals surface area contributed by atoms with E-state index >= 15 is 0 Å². The predicted octanol–water partition coefficient (Wildman–Crippen LogP) is 1.97. The minimum Gasteiger partial charge on any atom is -0.331 e. The number of aromatic nitrogens is 2. The van der Waals surface area contributed by atoms with Crippen LogP contribution in [0, 0.1) is 25.2 Å². The number of nitriles is 1. The van der Waals surface area contributed by atoms with Crippen LogP contribution in [0.15, 0.2) is 6.33 Å². The molecule has 1 aromatic rings. The summed E-state index contributed by atoms with van der Waals surface area (Å²) < 4.78 is 2.04. The van der Waals surface area contributed by atoms with Gasteiger partial charge in [0.05, 0.1) is 24.5 Å². The van der Waals surface area contributed by atoms with E-state index in [0.29, 0.717) is 6.42 Å². The third-order valence-corrected chi connectivity index (χ3v) is 2.15. The van der Waals surface area contributed by atoms with E-state index in [-0.39, 0.29) is 6.04 Å². The van der Waals surface area contributed by atoms with Crippen LogP contribution in [0.4, 0.5) is 0 Å². The second kappa shape index (κ2) is 3.40. The van der Waals surface area contributed by atoms with Gasteiger partial charge >= 0.3 is 0 Å². The van der Waals surface area contributed by atoms with Gasteiger partial charge in [-0.1, -0.05) is 0 Å². The Kier molecular flexibility index (Phi) is 2.49. The number of rotatable bonds is 2. The lowest BCUT2D eigenvalue weighted by Crippen LogP contribution is -2.04. The fraction of sp³-hybridized carbons (Fsp3) is 0.556. The van der Waals surface area contributed by atoms with Gasteiger partial charge in [0.2, 0.25) is 0 Å². The van der Waals surface area contributed by atoms with Gasteiger partial charge < -0.3 is 4.57 Å². The molecule has 0 aliphatic heterocycles. The van der Waals surface area contributed by atoms with Crippen molar-refractivity contribution in [1.29, 1.82) is 5.26 Å². The normalized spacial score (nSPS) is 12.5. The van der Waals surface area contributed by atoms with Crippen molar-refractivity contribution in [2.75, 3.05) is 0 Å². The summed E-state index contributed by atoms with van der Waals surface area (Å²) in [6.45, 7) is 6.03. The van der Waals surface area contributed by atoms with E-state index in [1.54, 1.807) is 6.33 Å². The molecule has 3 nitrogen and oxygen atoms in total. The lowest BCUT2D eigenvalue weighted by Gasteiger charge is -2.10. The first kappa shape index (κ1) is 8.79. The maximum absolute atomic E-state index is 8.51. The maximum Gasteiger partial charge on any atom is 0.0954 e.